The molecule has 2 N–H and O–H groups in total. The van der Waals surface area contributed by atoms with Crippen LogP contribution in [0.3, 0.4) is 0 Å². The number of nitrogens with one attached hydrogen (secondary N) is 2. The van der Waals surface area contributed by atoms with Crippen LogP contribution in [-0.2, 0) is 13.0 Å². The molecule has 192 valence electrons. The second kappa shape index (κ2) is 12.2. The minimum atomic E-state index is -4.53. The summed E-state index contributed by atoms with van der Waals surface area (Å²) >= 11 is 0. The number of rotatable bonds is 11. The van der Waals surface area contributed by atoms with E-state index in [0.717, 1.165) is 0 Å². The largest absolute Gasteiger partial charge is 0.405 e. The van der Waals surface area contributed by atoms with Gasteiger partial charge in [0.1, 0.15) is 12.4 Å². The molecule has 36 heavy (non-hydrogen) atoms. The fraction of sp³-hybridized carbons (Fsp3) is 0.333. The Morgan fingerprint density at radius 1 is 0.944 bits per heavy atom. The molecule has 2 amide bonds. The molecule has 7 nitrogen and oxygen atoms in total. The Morgan fingerprint density at radius 2 is 1.69 bits per heavy atom. The van der Waals surface area contributed by atoms with Crippen LogP contribution in [0.1, 0.15) is 51.4 Å². The highest BCUT2D eigenvalue weighted by Gasteiger charge is 2.28. The Labute approximate surface area is 203 Å². The molecule has 1 aromatic heterocycles. The van der Waals surface area contributed by atoms with Crippen LogP contribution in [0.5, 0.6) is 0 Å². The third-order valence-corrected chi connectivity index (χ3v) is 5.19. The van der Waals surface area contributed by atoms with Crippen molar-refractivity contribution in [3.05, 3.63) is 76.9 Å². The second-order valence-corrected chi connectivity index (χ2v) is 7.95. The van der Waals surface area contributed by atoms with E-state index in [1.807, 2.05) is 0 Å². The zero-order chi connectivity index (χ0) is 26.1. The molecule has 0 fully saturated rings. The molecule has 0 bridgehead atoms. The maximum atomic E-state index is 13.4. The molecular weight excluding hydrogens is 485 g/mol. The first-order valence-electron chi connectivity index (χ1n) is 11.2. The number of hydrogen-bond acceptors (Lipinski definition) is 4. The molecule has 0 spiro atoms. The zero-order valence-electron chi connectivity index (χ0n) is 19.1. The van der Waals surface area contributed by atoms with Crippen LogP contribution in [0.4, 0.5) is 22.0 Å². The summed E-state index contributed by atoms with van der Waals surface area (Å²) in [7, 11) is 0. The van der Waals surface area contributed by atoms with Crippen LogP contribution in [0.2, 0.25) is 0 Å². The summed E-state index contributed by atoms with van der Waals surface area (Å²) in [5.74, 6) is -1.85. The molecule has 0 saturated carbocycles. The monoisotopic (exact) mass is 509 g/mol. The van der Waals surface area contributed by atoms with Gasteiger partial charge in [-0.2, -0.15) is 13.2 Å². The van der Waals surface area contributed by atoms with Gasteiger partial charge in [0.15, 0.2) is 5.69 Å². The van der Waals surface area contributed by atoms with E-state index in [-0.39, 0.29) is 17.8 Å². The minimum absolute atomic E-state index is 0.0145. The van der Waals surface area contributed by atoms with Gasteiger partial charge in [0, 0.05) is 12.1 Å². The van der Waals surface area contributed by atoms with Gasteiger partial charge in [-0.3, -0.25) is 14.0 Å². The fourth-order valence-electron chi connectivity index (χ4n) is 3.42. The number of halogens is 5. The highest BCUT2D eigenvalue weighted by molar-refractivity contribution is 5.94. The topological polar surface area (TPSA) is 88.9 Å². The van der Waals surface area contributed by atoms with Crippen LogP contribution >= 0.6 is 0 Å². The van der Waals surface area contributed by atoms with E-state index >= 15 is 0 Å². The van der Waals surface area contributed by atoms with E-state index in [2.05, 4.69) is 15.6 Å². The molecule has 0 atom stereocenters. The first-order valence-corrected chi connectivity index (χ1v) is 11.2. The molecule has 12 heteroatoms. The van der Waals surface area contributed by atoms with Crippen LogP contribution in [0.15, 0.2) is 48.5 Å². The van der Waals surface area contributed by atoms with E-state index in [9.17, 15) is 31.5 Å². The molecule has 2 aromatic carbocycles. The quantitative estimate of drug-likeness (QED) is 0.298. The van der Waals surface area contributed by atoms with Crippen LogP contribution in [0.25, 0.3) is 5.69 Å². The number of aromatic nitrogens is 3. The van der Waals surface area contributed by atoms with E-state index in [1.54, 1.807) is 11.4 Å². The molecular formula is C24H24F5N5O2. The third-order valence-electron chi connectivity index (χ3n) is 5.19. The molecule has 0 aliphatic carbocycles. The van der Waals surface area contributed by atoms with Crippen molar-refractivity contribution in [1.29, 1.82) is 0 Å². The summed E-state index contributed by atoms with van der Waals surface area (Å²) in [6.45, 7) is -1.85. The molecule has 0 unspecified atom stereocenters. The van der Waals surface area contributed by atoms with Gasteiger partial charge in [0.25, 0.3) is 11.8 Å². The van der Waals surface area contributed by atoms with Gasteiger partial charge in [-0.05, 0) is 61.2 Å². The van der Waals surface area contributed by atoms with Crippen LogP contribution in [-0.4, -0.2) is 46.2 Å². The van der Waals surface area contributed by atoms with Crippen molar-refractivity contribution < 1.29 is 31.5 Å². The van der Waals surface area contributed by atoms with E-state index in [0.29, 0.717) is 42.6 Å². The van der Waals surface area contributed by atoms with E-state index in [1.165, 1.54) is 47.1 Å². The Hall–Kier alpha value is -3.83. The van der Waals surface area contributed by atoms with Gasteiger partial charge in [-0.15, -0.1) is 5.10 Å². The molecule has 0 saturated heterocycles. The van der Waals surface area contributed by atoms with E-state index in [4.69, 9.17) is 0 Å². The Balaban J connectivity index is 1.78. The number of nitrogens with zero attached hydrogens (tertiary/aromatic N) is 3. The van der Waals surface area contributed by atoms with Gasteiger partial charge >= 0.3 is 6.18 Å². The lowest BCUT2D eigenvalue weighted by Gasteiger charge is -2.10. The van der Waals surface area contributed by atoms with Gasteiger partial charge in [0.2, 0.25) is 0 Å². The molecule has 0 radical (unpaired) electrons. The van der Waals surface area contributed by atoms with Crippen molar-refractivity contribution in [2.24, 2.45) is 0 Å². The molecule has 1 heterocycles. The fourth-order valence-corrected chi connectivity index (χ4v) is 3.42. The number of benzene rings is 2. The summed E-state index contributed by atoms with van der Waals surface area (Å²) in [6.07, 6.45) is -2.68. The lowest BCUT2D eigenvalue weighted by Crippen LogP contribution is -2.33. The highest BCUT2D eigenvalue weighted by atomic mass is 19.4. The molecule has 3 rings (SSSR count). The number of hydrogen-bond donors (Lipinski definition) is 2. The number of alkyl halides is 4. The summed E-state index contributed by atoms with van der Waals surface area (Å²) < 4.78 is 64.3. The van der Waals surface area contributed by atoms with Crippen molar-refractivity contribution in [3.8, 4) is 5.69 Å². The number of carbonyl (C=O) groups excluding carboxylic acids is 2. The molecule has 3 aromatic rings. The van der Waals surface area contributed by atoms with Crippen LogP contribution in [0, 0.1) is 5.82 Å². The van der Waals surface area contributed by atoms with Crippen molar-refractivity contribution in [3.63, 3.8) is 0 Å². The van der Waals surface area contributed by atoms with Gasteiger partial charge < -0.3 is 10.6 Å². The summed E-state index contributed by atoms with van der Waals surface area (Å²) in [6, 6.07) is 11.4. The summed E-state index contributed by atoms with van der Waals surface area (Å²) in [5, 5.41) is 12.5. The second-order valence-electron chi connectivity index (χ2n) is 7.95. The predicted octanol–water partition coefficient (Wildman–Crippen LogP) is 4.31. The standard InChI is InChI=1S/C24H24F5N5O2/c25-12-3-1-2-7-20-21(23(36)30-14-16-5-4-6-18(26)13-16)32-33-34(20)19-10-8-17(9-11-19)22(35)31-15-24(27,28)29/h4-6,8-11,13H,1-3,7,12,14-15H2,(H,30,36)(H,31,35). The van der Waals surface area contributed by atoms with Gasteiger partial charge in [0.05, 0.1) is 18.1 Å². The number of carbonyl (C=O) groups is 2. The Kier molecular flexibility index (Phi) is 9.09. The molecule has 0 aliphatic heterocycles. The van der Waals surface area contributed by atoms with Crippen molar-refractivity contribution in [2.45, 2.75) is 38.4 Å². The maximum absolute atomic E-state index is 13.4. The highest BCUT2D eigenvalue weighted by Crippen LogP contribution is 2.18. The number of amides is 2. The van der Waals surface area contributed by atoms with Crippen molar-refractivity contribution in [2.75, 3.05) is 13.2 Å². The van der Waals surface area contributed by atoms with E-state index < -0.39 is 37.0 Å². The summed E-state index contributed by atoms with van der Waals surface area (Å²) in [5.41, 5.74) is 1.48. The number of unbranched alkanes of at least 4 members (excludes halogenated alkanes) is 2. The maximum Gasteiger partial charge on any atom is 0.405 e. The summed E-state index contributed by atoms with van der Waals surface area (Å²) in [4.78, 5) is 24.8. The van der Waals surface area contributed by atoms with Crippen LogP contribution < -0.4 is 10.6 Å². The first-order chi connectivity index (χ1) is 17.2. The normalized spacial score (nSPS) is 11.4. The smallest absolute Gasteiger partial charge is 0.347 e. The third kappa shape index (κ3) is 7.59. The average Bonchev–Trinajstić information content (AvgIpc) is 3.27. The average molecular weight is 509 g/mol. The molecule has 0 aliphatic rings. The Bertz CT molecular complexity index is 1180. The zero-order valence-corrected chi connectivity index (χ0v) is 19.1. The van der Waals surface area contributed by atoms with Gasteiger partial charge in [-0.25, -0.2) is 9.07 Å². The Morgan fingerprint density at radius 3 is 2.36 bits per heavy atom. The van der Waals surface area contributed by atoms with Gasteiger partial charge in [-0.1, -0.05) is 23.8 Å². The predicted molar refractivity (Wildman–Crippen MR) is 121 cm³/mol. The van der Waals surface area contributed by atoms with Crippen molar-refractivity contribution >= 4 is 11.8 Å². The minimum Gasteiger partial charge on any atom is -0.347 e. The van der Waals surface area contributed by atoms with Crippen molar-refractivity contribution in [1.82, 2.24) is 25.6 Å². The lowest BCUT2D eigenvalue weighted by atomic mass is 10.1. The SMILES string of the molecule is O=C(NCC(F)(F)F)c1ccc(-n2nnc(C(=O)NCc3cccc(F)c3)c2CCCCCF)cc1. The lowest BCUT2D eigenvalue weighted by molar-refractivity contribution is -0.123. The first kappa shape index (κ1) is 26.8.